The van der Waals surface area contributed by atoms with E-state index in [9.17, 15) is 0 Å². The summed E-state index contributed by atoms with van der Waals surface area (Å²) in [5.74, 6) is 1.15. The molecule has 0 aliphatic rings. The van der Waals surface area contributed by atoms with Crippen LogP contribution in [0, 0.1) is 6.92 Å². The lowest BCUT2D eigenvalue weighted by Crippen LogP contribution is -1.97. The minimum Gasteiger partial charge on any atom is -0.489 e. The van der Waals surface area contributed by atoms with Crippen molar-refractivity contribution in [2.24, 2.45) is 5.10 Å². The lowest BCUT2D eigenvalue weighted by Gasteiger charge is -2.06. The van der Waals surface area contributed by atoms with Crippen LogP contribution in [-0.2, 0) is 6.61 Å². The highest BCUT2D eigenvalue weighted by Crippen LogP contribution is 2.16. The fourth-order valence-corrected chi connectivity index (χ4v) is 2.38. The number of benzene rings is 2. The van der Waals surface area contributed by atoms with E-state index in [1.54, 1.807) is 17.1 Å². The van der Waals surface area contributed by atoms with E-state index in [0.717, 1.165) is 22.6 Å². The molecule has 0 saturated heterocycles. The summed E-state index contributed by atoms with van der Waals surface area (Å²) in [6.07, 6.45) is 3.49. The van der Waals surface area contributed by atoms with Gasteiger partial charge in [0.2, 0.25) is 5.95 Å². The predicted molar refractivity (Wildman–Crippen MR) is 96.6 cm³/mol. The highest BCUT2D eigenvalue weighted by molar-refractivity contribution is 6.30. The Labute approximate surface area is 145 Å². The molecule has 3 rings (SSSR count). The van der Waals surface area contributed by atoms with Crippen molar-refractivity contribution in [1.29, 1.82) is 0 Å². The van der Waals surface area contributed by atoms with E-state index in [0.29, 0.717) is 17.6 Å². The van der Waals surface area contributed by atoms with Crippen LogP contribution in [-0.4, -0.2) is 15.9 Å². The number of nitrogens with zero attached hydrogens (tertiary/aromatic N) is 3. The van der Waals surface area contributed by atoms with Gasteiger partial charge in [-0.2, -0.15) is 5.10 Å². The predicted octanol–water partition coefficient (Wildman–Crippen LogP) is 3.89. The Balaban J connectivity index is 1.62. The summed E-state index contributed by atoms with van der Waals surface area (Å²) in [6.45, 7) is 2.34. The second-order valence-electron chi connectivity index (χ2n) is 5.32. The van der Waals surface area contributed by atoms with Gasteiger partial charge in [-0.15, -0.1) is 0 Å². The van der Waals surface area contributed by atoms with Crippen molar-refractivity contribution in [3.63, 3.8) is 0 Å². The van der Waals surface area contributed by atoms with E-state index in [4.69, 9.17) is 22.1 Å². The van der Waals surface area contributed by atoms with Gasteiger partial charge in [-0.1, -0.05) is 23.7 Å². The zero-order valence-corrected chi connectivity index (χ0v) is 13.9. The van der Waals surface area contributed by atoms with Gasteiger partial charge in [0.1, 0.15) is 12.4 Å². The van der Waals surface area contributed by atoms with Crippen LogP contribution < -0.4 is 10.5 Å². The minimum atomic E-state index is 0.366. The molecular formula is C18H17ClN4O. The summed E-state index contributed by atoms with van der Waals surface area (Å²) in [7, 11) is 0. The Hall–Kier alpha value is -2.79. The molecule has 0 bridgehead atoms. The Morgan fingerprint density at radius 3 is 2.71 bits per heavy atom. The zero-order valence-electron chi connectivity index (χ0n) is 13.2. The van der Waals surface area contributed by atoms with Crippen molar-refractivity contribution in [3.05, 3.63) is 76.6 Å². The highest BCUT2D eigenvalue weighted by atomic mass is 35.5. The molecule has 0 amide bonds. The van der Waals surface area contributed by atoms with Crippen molar-refractivity contribution >= 4 is 23.8 Å². The van der Waals surface area contributed by atoms with Gasteiger partial charge in [-0.3, -0.25) is 0 Å². The van der Waals surface area contributed by atoms with Crippen molar-refractivity contribution < 1.29 is 4.74 Å². The Bertz CT molecular complexity index is 856. The van der Waals surface area contributed by atoms with Crippen LogP contribution in [0.4, 0.5) is 5.95 Å². The molecule has 0 radical (unpaired) electrons. The maximum Gasteiger partial charge on any atom is 0.221 e. The molecule has 122 valence electrons. The van der Waals surface area contributed by atoms with Gasteiger partial charge in [-0.05, 0) is 54.4 Å². The maximum atomic E-state index is 5.96. The van der Waals surface area contributed by atoms with E-state index in [-0.39, 0.29) is 0 Å². The molecule has 0 saturated carbocycles. The summed E-state index contributed by atoms with van der Waals surface area (Å²) in [6, 6.07) is 15.3. The number of hydrogen-bond acceptors (Lipinski definition) is 4. The largest absolute Gasteiger partial charge is 0.489 e. The zero-order chi connectivity index (χ0) is 16.9. The van der Waals surface area contributed by atoms with Crippen molar-refractivity contribution in [2.75, 3.05) is 5.73 Å². The maximum absolute atomic E-state index is 5.96. The molecule has 2 aromatic carbocycles. The normalized spacial score (nSPS) is 11.1. The smallest absolute Gasteiger partial charge is 0.221 e. The number of rotatable bonds is 5. The molecule has 0 unspecified atom stereocenters. The van der Waals surface area contributed by atoms with Gasteiger partial charge in [0.25, 0.3) is 0 Å². The number of hydrogen-bond donors (Lipinski definition) is 1. The van der Waals surface area contributed by atoms with E-state index in [2.05, 4.69) is 10.1 Å². The topological polar surface area (TPSA) is 65.4 Å². The van der Waals surface area contributed by atoms with Crippen LogP contribution in [0.1, 0.15) is 16.8 Å². The first kappa shape index (κ1) is 16.1. The molecule has 24 heavy (non-hydrogen) atoms. The van der Waals surface area contributed by atoms with Gasteiger partial charge < -0.3 is 10.5 Å². The summed E-state index contributed by atoms with van der Waals surface area (Å²) in [5, 5.41) is 4.98. The van der Waals surface area contributed by atoms with Crippen LogP contribution in [0.2, 0.25) is 5.02 Å². The molecular weight excluding hydrogens is 324 g/mol. The van der Waals surface area contributed by atoms with Crippen LogP contribution >= 0.6 is 11.6 Å². The lowest BCUT2D eigenvalue weighted by atomic mass is 10.2. The second kappa shape index (κ2) is 7.19. The molecule has 0 atom stereocenters. The highest BCUT2D eigenvalue weighted by Gasteiger charge is 2.00. The van der Waals surface area contributed by atoms with E-state index in [1.165, 1.54) is 0 Å². The number of imidazole rings is 1. The van der Waals surface area contributed by atoms with Crippen molar-refractivity contribution in [2.45, 2.75) is 13.5 Å². The Morgan fingerprint density at radius 1 is 1.25 bits per heavy atom. The molecule has 1 aromatic heterocycles. The second-order valence-corrected chi connectivity index (χ2v) is 5.75. The number of halogens is 1. The van der Waals surface area contributed by atoms with E-state index in [1.807, 2.05) is 55.5 Å². The standard InChI is InChI=1S/C18H17ClN4O/c1-13-11-23(18(20)22-13)21-10-14-5-7-17(8-6-14)24-12-15-3-2-4-16(19)9-15/h2-11H,12H2,1H3,(H2,20,22). The summed E-state index contributed by atoms with van der Waals surface area (Å²) in [4.78, 5) is 4.09. The molecule has 6 heteroatoms. The van der Waals surface area contributed by atoms with Gasteiger partial charge >= 0.3 is 0 Å². The average molecular weight is 341 g/mol. The van der Waals surface area contributed by atoms with Crippen LogP contribution in [0.25, 0.3) is 0 Å². The van der Waals surface area contributed by atoms with Gasteiger partial charge in [0.05, 0.1) is 18.1 Å². The number of nitrogens with two attached hydrogens (primary N) is 1. The quantitative estimate of drug-likeness (QED) is 0.716. The molecule has 2 N–H and O–H groups in total. The van der Waals surface area contributed by atoms with E-state index < -0.39 is 0 Å². The SMILES string of the molecule is Cc1cn(N=Cc2ccc(OCc3cccc(Cl)c3)cc2)c(N)n1. The van der Waals surface area contributed by atoms with Crippen LogP contribution in [0.15, 0.2) is 59.8 Å². The van der Waals surface area contributed by atoms with Gasteiger partial charge in [0, 0.05) is 5.02 Å². The molecule has 0 aliphatic heterocycles. The lowest BCUT2D eigenvalue weighted by molar-refractivity contribution is 0.306. The average Bonchev–Trinajstić information content (AvgIpc) is 2.90. The molecule has 0 spiro atoms. The van der Waals surface area contributed by atoms with Crippen LogP contribution in [0.5, 0.6) is 5.75 Å². The number of aromatic nitrogens is 2. The van der Waals surface area contributed by atoms with E-state index >= 15 is 0 Å². The van der Waals surface area contributed by atoms with Crippen molar-refractivity contribution in [1.82, 2.24) is 9.66 Å². The minimum absolute atomic E-state index is 0.366. The summed E-state index contributed by atoms with van der Waals surface area (Å²) >= 11 is 5.96. The molecule has 3 aromatic rings. The number of nitrogen functional groups attached to an aromatic ring is 1. The third-order valence-electron chi connectivity index (χ3n) is 3.34. The number of ether oxygens (including phenoxy) is 1. The first-order valence-electron chi connectivity index (χ1n) is 7.43. The molecule has 1 heterocycles. The number of aryl methyl sites for hydroxylation is 1. The van der Waals surface area contributed by atoms with Crippen molar-refractivity contribution in [3.8, 4) is 5.75 Å². The third-order valence-corrected chi connectivity index (χ3v) is 3.58. The monoisotopic (exact) mass is 340 g/mol. The summed E-state index contributed by atoms with van der Waals surface area (Å²) in [5.41, 5.74) is 8.54. The van der Waals surface area contributed by atoms with Gasteiger partial charge in [-0.25, -0.2) is 9.66 Å². The molecule has 0 fully saturated rings. The fraction of sp³-hybridized carbons (Fsp3) is 0.111. The first-order chi connectivity index (χ1) is 11.6. The van der Waals surface area contributed by atoms with Gasteiger partial charge in [0.15, 0.2) is 0 Å². The van der Waals surface area contributed by atoms with Crippen LogP contribution in [0.3, 0.4) is 0 Å². The summed E-state index contributed by atoms with van der Waals surface area (Å²) < 4.78 is 7.29. The number of anilines is 1. The Kier molecular flexibility index (Phi) is 4.82. The molecule has 0 aliphatic carbocycles. The fourth-order valence-electron chi connectivity index (χ4n) is 2.17. The first-order valence-corrected chi connectivity index (χ1v) is 7.81. The third kappa shape index (κ3) is 4.14. The Morgan fingerprint density at radius 2 is 2.04 bits per heavy atom. The molecule has 5 nitrogen and oxygen atoms in total.